The quantitative estimate of drug-likeness (QED) is 0.166. The van der Waals surface area contributed by atoms with Crippen molar-refractivity contribution < 1.29 is 25.8 Å². The smallest absolute Gasteiger partial charge is 0.387 e. The minimum atomic E-state index is -1.89. The maximum absolute atomic E-state index is 7.06. The zero-order valence-electron chi connectivity index (χ0n) is 42.4. The second-order valence-electron chi connectivity index (χ2n) is 22.4. The van der Waals surface area contributed by atoms with Gasteiger partial charge < -0.3 is 16.8 Å². The van der Waals surface area contributed by atoms with Gasteiger partial charge in [-0.15, -0.1) is 0 Å². The Hall–Kier alpha value is -4.18. The lowest BCUT2D eigenvalue weighted by Gasteiger charge is -2.23. The van der Waals surface area contributed by atoms with Crippen LogP contribution >= 0.6 is 16.5 Å². The highest BCUT2D eigenvalue weighted by atomic mass is 31.1. The molecule has 0 radical (unpaired) electrons. The highest BCUT2D eigenvalue weighted by Crippen LogP contribution is 2.48. The third kappa shape index (κ3) is 8.90. The molecule has 0 fully saturated rings. The minimum Gasteiger partial charge on any atom is -0.399 e. The molecule has 0 saturated heterocycles. The first kappa shape index (κ1) is 47.8. The lowest BCUT2D eigenvalue weighted by atomic mass is 9.81. The summed E-state index contributed by atoms with van der Waals surface area (Å²) >= 11 is 0. The lowest BCUT2D eigenvalue weighted by molar-refractivity contribution is 0.342. The van der Waals surface area contributed by atoms with Gasteiger partial charge in [-0.05, 0) is 133 Å². The Kier molecular flexibility index (Phi) is 12.6. The van der Waals surface area contributed by atoms with Gasteiger partial charge in [0.05, 0.1) is 13.2 Å². The van der Waals surface area contributed by atoms with Crippen molar-refractivity contribution in [3.8, 4) is 0 Å². The van der Waals surface area contributed by atoms with Crippen molar-refractivity contribution in [3.05, 3.63) is 126 Å². The van der Waals surface area contributed by atoms with Crippen molar-refractivity contribution in [1.82, 2.24) is 0 Å². The van der Waals surface area contributed by atoms with Crippen molar-refractivity contribution in [2.24, 2.45) is 0 Å². The zero-order valence-corrected chi connectivity index (χ0v) is 44.2. The molecule has 0 aliphatic carbocycles. The Labute approximate surface area is 384 Å². The standard InChI is InChI=1S/C56H72O6P2/c1-31-25-41(53(9,10)11)49-45(35(31)5)46-36(6)32(2)26-42(54(12,13)14)50(46)60-63(59-49)57-29-39-23-21-22-24-40(39)30-58-64-61-51-43(55(15,16)17)27-33(3)37(7)47(51)48-38(8)34(4)28-44(52(48)62-64)56(18,19)20/h21-28H,29-30H2,1-20H3. The first-order valence-corrected chi connectivity index (χ1v) is 25.0. The van der Waals surface area contributed by atoms with Crippen LogP contribution in [0.15, 0.2) is 65.3 Å². The topological polar surface area (TPSA) is 71.0 Å². The van der Waals surface area contributed by atoms with Gasteiger partial charge in [-0.25, -0.2) is 0 Å². The molecule has 7 rings (SSSR count). The average Bonchev–Trinajstić information content (AvgIpc) is 3.46. The number of hydrogen-bond donors (Lipinski definition) is 0. The molecule has 64 heavy (non-hydrogen) atoms. The molecule has 0 unspecified atom stereocenters. The van der Waals surface area contributed by atoms with Gasteiger partial charge in [0.25, 0.3) is 0 Å². The van der Waals surface area contributed by atoms with Crippen LogP contribution in [0, 0.1) is 55.4 Å². The summed E-state index contributed by atoms with van der Waals surface area (Å²) in [5.74, 6) is 0. The van der Waals surface area contributed by atoms with E-state index in [1.54, 1.807) is 0 Å². The van der Waals surface area contributed by atoms with Gasteiger partial charge >= 0.3 is 16.5 Å². The Bertz CT molecular complexity index is 2680. The summed E-state index contributed by atoms with van der Waals surface area (Å²) in [6.45, 7) is 45.1. The molecule has 8 heteroatoms. The van der Waals surface area contributed by atoms with Crippen LogP contribution < -0.4 is 9.05 Å². The van der Waals surface area contributed by atoms with E-state index in [4.69, 9.17) is 25.8 Å². The monoisotopic (exact) mass is 902 g/mol. The van der Waals surface area contributed by atoms with Crippen LogP contribution in [0.25, 0.3) is 43.9 Å². The summed E-state index contributed by atoms with van der Waals surface area (Å²) < 4.78 is 41.9. The predicted octanol–water partition coefficient (Wildman–Crippen LogP) is 17.8. The molecule has 0 N–H and O–H groups in total. The minimum absolute atomic E-state index is 0.191. The van der Waals surface area contributed by atoms with E-state index in [0.29, 0.717) is 0 Å². The molecule has 342 valence electrons. The van der Waals surface area contributed by atoms with Crippen molar-refractivity contribution >= 4 is 60.4 Å². The molecule has 6 nitrogen and oxygen atoms in total. The summed E-state index contributed by atoms with van der Waals surface area (Å²) in [7, 11) is -3.78. The third-order valence-corrected chi connectivity index (χ3v) is 15.4. The molecule has 5 aromatic carbocycles. The Morgan fingerprint density at radius 1 is 0.375 bits per heavy atom. The summed E-state index contributed by atoms with van der Waals surface area (Å²) in [5, 5.41) is 4.40. The van der Waals surface area contributed by atoms with E-state index in [9.17, 15) is 0 Å². The summed E-state index contributed by atoms with van der Waals surface area (Å²) in [6.07, 6.45) is 0. The van der Waals surface area contributed by atoms with Gasteiger partial charge in [0.1, 0.15) is 22.3 Å². The summed E-state index contributed by atoms with van der Waals surface area (Å²) in [5.41, 5.74) is 18.8. The molecule has 2 heterocycles. The van der Waals surface area contributed by atoms with Crippen LogP contribution in [-0.4, -0.2) is 0 Å². The second-order valence-corrected chi connectivity index (χ2v) is 24.5. The summed E-state index contributed by atoms with van der Waals surface area (Å²) in [4.78, 5) is 0. The number of hydrogen-bond acceptors (Lipinski definition) is 6. The van der Waals surface area contributed by atoms with Gasteiger partial charge in [-0.1, -0.05) is 132 Å². The first-order valence-electron chi connectivity index (χ1n) is 22.8. The van der Waals surface area contributed by atoms with Crippen LogP contribution in [0.2, 0.25) is 0 Å². The molecule has 7 aromatic rings. The molecule has 0 bridgehead atoms. The fourth-order valence-corrected chi connectivity index (χ4v) is 11.0. The first-order chi connectivity index (χ1) is 29.6. The van der Waals surface area contributed by atoms with E-state index in [0.717, 1.165) is 77.3 Å². The van der Waals surface area contributed by atoms with Gasteiger partial charge in [0, 0.05) is 43.8 Å². The predicted molar refractivity (Wildman–Crippen MR) is 272 cm³/mol. The van der Waals surface area contributed by atoms with Gasteiger partial charge in [0.15, 0.2) is 0 Å². The average molecular weight is 903 g/mol. The highest BCUT2D eigenvalue weighted by molar-refractivity contribution is 7.32. The molecular formula is C56H72O6P2. The van der Waals surface area contributed by atoms with Crippen molar-refractivity contribution in [3.63, 3.8) is 0 Å². The van der Waals surface area contributed by atoms with Crippen LogP contribution in [0.3, 0.4) is 0 Å². The summed E-state index contributed by atoms with van der Waals surface area (Å²) in [6, 6.07) is 17.4. The maximum Gasteiger partial charge on any atom is 0.387 e. The molecular weight excluding hydrogens is 831 g/mol. The van der Waals surface area contributed by atoms with Crippen molar-refractivity contribution in [2.75, 3.05) is 0 Å². The SMILES string of the molecule is Cc1cc(C(C)(C)C)c2op(OCc3ccccc3COp3oc4c(C(C)(C)C)cc(C)c(C)c4c4c(C)c(C)cc(C(C)(C)C)c4o3)oc3c(C(C)(C)C)cc(C)c(C)c3c2c1C. The maximum atomic E-state index is 7.06. The fraction of sp³-hybridized carbons (Fsp3) is 0.464. The van der Waals surface area contributed by atoms with Crippen LogP contribution in [-0.2, 0) is 34.9 Å². The van der Waals surface area contributed by atoms with Crippen LogP contribution in [0.4, 0.5) is 0 Å². The highest BCUT2D eigenvalue weighted by Gasteiger charge is 2.29. The number of benzene rings is 5. The second kappa shape index (κ2) is 16.9. The van der Waals surface area contributed by atoms with E-state index < -0.39 is 16.5 Å². The van der Waals surface area contributed by atoms with Gasteiger partial charge in [0.2, 0.25) is 0 Å². The van der Waals surface area contributed by atoms with Crippen LogP contribution in [0.5, 0.6) is 0 Å². The number of aryl methyl sites for hydroxylation is 8. The molecule has 0 aliphatic rings. The third-order valence-electron chi connectivity index (χ3n) is 13.4. The number of fused-ring (bicyclic) bond motifs is 6. The van der Waals surface area contributed by atoms with Crippen molar-refractivity contribution in [1.29, 1.82) is 0 Å². The lowest BCUT2D eigenvalue weighted by Crippen LogP contribution is -2.13. The largest absolute Gasteiger partial charge is 0.399 e. The zero-order chi connectivity index (χ0) is 47.2. The van der Waals surface area contributed by atoms with E-state index in [1.165, 1.54) is 44.5 Å². The Morgan fingerprint density at radius 3 is 0.797 bits per heavy atom. The van der Waals surface area contributed by atoms with E-state index in [2.05, 4.69) is 175 Å². The van der Waals surface area contributed by atoms with E-state index in [1.807, 2.05) is 12.1 Å². The fourth-order valence-electron chi connectivity index (χ4n) is 8.91. The van der Waals surface area contributed by atoms with E-state index in [-0.39, 0.29) is 34.9 Å². The molecule has 0 amide bonds. The van der Waals surface area contributed by atoms with Gasteiger partial charge in [-0.2, -0.15) is 0 Å². The number of rotatable bonds is 6. The Balaban J connectivity index is 1.39. The van der Waals surface area contributed by atoms with Crippen molar-refractivity contribution in [2.45, 2.75) is 173 Å². The van der Waals surface area contributed by atoms with E-state index >= 15 is 0 Å². The molecule has 0 saturated carbocycles. The molecule has 0 aliphatic heterocycles. The Morgan fingerprint density at radius 2 is 0.594 bits per heavy atom. The van der Waals surface area contributed by atoms with Crippen LogP contribution in [0.1, 0.15) is 161 Å². The molecule has 2 aromatic heterocycles. The normalized spacial score (nSPS) is 12.9. The van der Waals surface area contributed by atoms with Gasteiger partial charge in [-0.3, -0.25) is 9.05 Å². The molecule has 0 atom stereocenters. The molecule has 0 spiro atoms.